The van der Waals surface area contributed by atoms with E-state index in [-0.39, 0.29) is 0 Å². The second kappa shape index (κ2) is 4.51. The second-order valence-corrected chi connectivity index (χ2v) is 3.72. The minimum atomic E-state index is 0.543. The third-order valence-electron chi connectivity index (χ3n) is 1.80. The van der Waals surface area contributed by atoms with Gasteiger partial charge in [-0.25, -0.2) is 4.99 Å². The summed E-state index contributed by atoms with van der Waals surface area (Å²) in [5.74, 6) is 0.543. The number of hydrogen-bond donors (Lipinski definition) is 0. The number of nitrogens with zero attached hydrogens (tertiary/aromatic N) is 1. The molecule has 0 spiro atoms. The van der Waals surface area contributed by atoms with Crippen molar-refractivity contribution in [3.8, 4) is 0 Å². The normalized spacial score (nSPS) is 11.1. The van der Waals surface area contributed by atoms with E-state index in [2.05, 4.69) is 4.99 Å². The molecule has 15 heavy (non-hydrogen) atoms. The molecule has 1 aromatic heterocycles. The molecule has 76 valence electrons. The van der Waals surface area contributed by atoms with Crippen molar-refractivity contribution in [1.29, 1.82) is 0 Å². The van der Waals surface area contributed by atoms with Crippen LogP contribution in [0.15, 0.2) is 46.0 Å². The van der Waals surface area contributed by atoms with Crippen LogP contribution in [-0.2, 0) is 0 Å². The Bertz CT molecular complexity index is 477. The first kappa shape index (κ1) is 10.3. The molecule has 0 amide bonds. The van der Waals surface area contributed by atoms with Gasteiger partial charge in [-0.3, -0.25) is 0 Å². The Kier molecular flexibility index (Phi) is 3.09. The Morgan fingerprint density at radius 1 is 1.20 bits per heavy atom. The minimum Gasteiger partial charge on any atom is -0.447 e. The van der Waals surface area contributed by atoms with Crippen molar-refractivity contribution < 1.29 is 4.42 Å². The molecule has 0 bridgehead atoms. The van der Waals surface area contributed by atoms with Crippen LogP contribution in [0.25, 0.3) is 0 Å². The van der Waals surface area contributed by atoms with Gasteiger partial charge in [0.1, 0.15) is 0 Å². The molecule has 0 aliphatic carbocycles. The van der Waals surface area contributed by atoms with Gasteiger partial charge >= 0.3 is 0 Å². The molecule has 0 unspecified atom stereocenters. The summed E-state index contributed by atoms with van der Waals surface area (Å²) in [5.41, 5.74) is 0.803. The maximum Gasteiger partial charge on any atom is 0.218 e. The van der Waals surface area contributed by atoms with E-state index in [1.807, 2.05) is 0 Å². The third kappa shape index (κ3) is 2.61. The van der Waals surface area contributed by atoms with Gasteiger partial charge in [-0.05, 0) is 18.2 Å². The molecule has 2 rings (SSSR count). The van der Waals surface area contributed by atoms with Gasteiger partial charge in [-0.15, -0.1) is 0 Å². The molecule has 0 aliphatic rings. The zero-order valence-electron chi connectivity index (χ0n) is 7.65. The standard InChI is InChI=1S/C11H7Cl2NO/c12-9-4-3-8(10(13)6-9)7-14-11-2-1-5-15-11/h1-7H. The van der Waals surface area contributed by atoms with Crippen molar-refractivity contribution in [2.24, 2.45) is 4.99 Å². The summed E-state index contributed by atoms with van der Waals surface area (Å²) in [6, 6.07) is 8.77. The number of aliphatic imine (C=N–C) groups is 1. The van der Waals surface area contributed by atoms with Gasteiger partial charge in [-0.1, -0.05) is 29.3 Å². The monoisotopic (exact) mass is 239 g/mol. The Labute approximate surface area is 97.1 Å². The van der Waals surface area contributed by atoms with Crippen molar-refractivity contribution in [2.75, 3.05) is 0 Å². The van der Waals surface area contributed by atoms with Gasteiger partial charge in [0.25, 0.3) is 0 Å². The van der Waals surface area contributed by atoms with Crippen LogP contribution in [0, 0.1) is 0 Å². The van der Waals surface area contributed by atoms with Crippen molar-refractivity contribution in [3.05, 3.63) is 52.2 Å². The molecule has 0 saturated carbocycles. The highest BCUT2D eigenvalue weighted by Gasteiger charge is 1.98. The predicted octanol–water partition coefficient (Wildman–Crippen LogP) is 4.34. The van der Waals surface area contributed by atoms with E-state index in [0.717, 1.165) is 5.56 Å². The van der Waals surface area contributed by atoms with E-state index < -0.39 is 0 Å². The zero-order chi connectivity index (χ0) is 10.7. The maximum absolute atomic E-state index is 5.96. The smallest absolute Gasteiger partial charge is 0.218 e. The van der Waals surface area contributed by atoms with Crippen LogP contribution < -0.4 is 0 Å². The average Bonchev–Trinajstić information content (AvgIpc) is 2.69. The fraction of sp³-hybridized carbons (Fsp3) is 0. The molecule has 1 aromatic carbocycles. The van der Waals surface area contributed by atoms with Crippen LogP contribution >= 0.6 is 23.2 Å². The Morgan fingerprint density at radius 2 is 2.07 bits per heavy atom. The summed E-state index contributed by atoms with van der Waals surface area (Å²) in [6.07, 6.45) is 3.20. The summed E-state index contributed by atoms with van der Waals surface area (Å²) in [6.45, 7) is 0. The van der Waals surface area contributed by atoms with E-state index in [0.29, 0.717) is 15.9 Å². The lowest BCUT2D eigenvalue weighted by molar-refractivity contribution is 0.578. The van der Waals surface area contributed by atoms with Crippen LogP contribution in [-0.4, -0.2) is 6.21 Å². The molecule has 1 heterocycles. The zero-order valence-corrected chi connectivity index (χ0v) is 9.16. The molecule has 0 aliphatic heterocycles. The molecular formula is C11H7Cl2NO. The maximum atomic E-state index is 5.96. The summed E-state index contributed by atoms with van der Waals surface area (Å²) < 4.78 is 5.05. The van der Waals surface area contributed by atoms with Crippen molar-refractivity contribution in [3.63, 3.8) is 0 Å². The van der Waals surface area contributed by atoms with Gasteiger partial charge in [0, 0.05) is 22.9 Å². The number of hydrogen-bond acceptors (Lipinski definition) is 2. The molecule has 2 nitrogen and oxygen atoms in total. The topological polar surface area (TPSA) is 25.5 Å². The SMILES string of the molecule is Clc1ccc(C=Nc2ccco2)c(Cl)c1. The number of furan rings is 1. The van der Waals surface area contributed by atoms with Gasteiger partial charge < -0.3 is 4.42 Å². The molecular weight excluding hydrogens is 233 g/mol. The summed E-state index contributed by atoms with van der Waals surface area (Å²) in [4.78, 5) is 4.11. The molecule has 0 radical (unpaired) electrons. The second-order valence-electron chi connectivity index (χ2n) is 2.88. The summed E-state index contributed by atoms with van der Waals surface area (Å²) in [7, 11) is 0. The highest BCUT2D eigenvalue weighted by Crippen LogP contribution is 2.20. The molecule has 0 fully saturated rings. The lowest BCUT2D eigenvalue weighted by atomic mass is 10.2. The number of halogens is 2. The molecule has 0 atom stereocenters. The quantitative estimate of drug-likeness (QED) is 0.717. The van der Waals surface area contributed by atoms with Gasteiger partial charge in [0.2, 0.25) is 5.88 Å². The van der Waals surface area contributed by atoms with Crippen molar-refractivity contribution in [1.82, 2.24) is 0 Å². The first-order valence-electron chi connectivity index (χ1n) is 4.28. The van der Waals surface area contributed by atoms with Gasteiger partial charge in [0.15, 0.2) is 0 Å². The van der Waals surface area contributed by atoms with Crippen molar-refractivity contribution in [2.45, 2.75) is 0 Å². The largest absolute Gasteiger partial charge is 0.447 e. The molecule has 4 heteroatoms. The first-order valence-corrected chi connectivity index (χ1v) is 5.04. The first-order chi connectivity index (χ1) is 7.25. The fourth-order valence-electron chi connectivity index (χ4n) is 1.08. The van der Waals surface area contributed by atoms with E-state index >= 15 is 0 Å². The number of rotatable bonds is 2. The van der Waals surface area contributed by atoms with Crippen LogP contribution in [0.1, 0.15) is 5.56 Å². The van der Waals surface area contributed by atoms with Gasteiger partial charge in [0.05, 0.1) is 11.3 Å². The highest BCUT2D eigenvalue weighted by molar-refractivity contribution is 6.36. The van der Waals surface area contributed by atoms with Crippen molar-refractivity contribution >= 4 is 35.3 Å². The van der Waals surface area contributed by atoms with Crippen LogP contribution in [0.3, 0.4) is 0 Å². The van der Waals surface area contributed by atoms with E-state index in [9.17, 15) is 0 Å². The van der Waals surface area contributed by atoms with E-state index in [1.165, 1.54) is 0 Å². The molecule has 2 aromatic rings. The Hall–Kier alpha value is -1.25. The third-order valence-corrected chi connectivity index (χ3v) is 2.36. The minimum absolute atomic E-state index is 0.543. The lowest BCUT2D eigenvalue weighted by Crippen LogP contribution is -1.81. The fourth-order valence-corrected chi connectivity index (χ4v) is 1.54. The number of benzene rings is 1. The van der Waals surface area contributed by atoms with Crippen LogP contribution in [0.5, 0.6) is 0 Å². The highest BCUT2D eigenvalue weighted by atomic mass is 35.5. The summed E-state index contributed by atoms with van der Waals surface area (Å²) >= 11 is 11.7. The lowest BCUT2D eigenvalue weighted by Gasteiger charge is -1.97. The molecule has 0 N–H and O–H groups in total. The van der Waals surface area contributed by atoms with Crippen LogP contribution in [0.4, 0.5) is 5.88 Å². The van der Waals surface area contributed by atoms with E-state index in [4.69, 9.17) is 27.6 Å². The van der Waals surface area contributed by atoms with Crippen LogP contribution in [0.2, 0.25) is 10.0 Å². The Balaban J connectivity index is 2.24. The van der Waals surface area contributed by atoms with E-state index in [1.54, 1.807) is 42.8 Å². The predicted molar refractivity (Wildman–Crippen MR) is 62.4 cm³/mol. The van der Waals surface area contributed by atoms with Gasteiger partial charge in [-0.2, -0.15) is 0 Å². The average molecular weight is 240 g/mol. The summed E-state index contributed by atoms with van der Waals surface area (Å²) in [5, 5.41) is 1.17. The Morgan fingerprint density at radius 3 is 2.73 bits per heavy atom. The molecule has 0 saturated heterocycles.